The number of nitrogens with zero attached hydrogens (tertiary/aromatic N) is 2. The van der Waals surface area contributed by atoms with Gasteiger partial charge in [0.15, 0.2) is 0 Å². The molecule has 0 fully saturated rings. The Kier molecular flexibility index (Phi) is 2.48. The minimum absolute atomic E-state index is 0.414. The van der Waals surface area contributed by atoms with Crippen LogP contribution in [0.1, 0.15) is 15.9 Å². The SMILES string of the molecule is Cc1cccc(C(N)=O)c1-c1cnn(C)c1. The van der Waals surface area contributed by atoms with Crippen molar-refractivity contribution in [1.82, 2.24) is 9.78 Å². The van der Waals surface area contributed by atoms with E-state index in [0.717, 1.165) is 16.7 Å². The third-order valence-electron chi connectivity index (χ3n) is 2.53. The predicted molar refractivity (Wildman–Crippen MR) is 61.9 cm³/mol. The second kappa shape index (κ2) is 3.81. The van der Waals surface area contributed by atoms with Crippen LogP contribution in [0.25, 0.3) is 11.1 Å². The second-order valence-electron chi connectivity index (χ2n) is 3.76. The number of hydrogen-bond acceptors (Lipinski definition) is 2. The number of aromatic nitrogens is 2. The minimum atomic E-state index is -0.414. The Morgan fingerprint density at radius 1 is 1.44 bits per heavy atom. The van der Waals surface area contributed by atoms with Crippen molar-refractivity contribution in [3.8, 4) is 11.1 Å². The van der Waals surface area contributed by atoms with Crippen molar-refractivity contribution in [2.45, 2.75) is 6.92 Å². The fourth-order valence-electron chi connectivity index (χ4n) is 1.81. The lowest BCUT2D eigenvalue weighted by atomic mass is 9.97. The summed E-state index contributed by atoms with van der Waals surface area (Å²) in [4.78, 5) is 11.3. The highest BCUT2D eigenvalue weighted by atomic mass is 16.1. The van der Waals surface area contributed by atoms with E-state index in [1.807, 2.05) is 32.3 Å². The van der Waals surface area contributed by atoms with Crippen LogP contribution in [0.15, 0.2) is 30.6 Å². The van der Waals surface area contributed by atoms with Crippen LogP contribution in [0.4, 0.5) is 0 Å². The Labute approximate surface area is 93.7 Å². The lowest BCUT2D eigenvalue weighted by Gasteiger charge is -2.07. The lowest BCUT2D eigenvalue weighted by molar-refractivity contribution is 0.100. The Morgan fingerprint density at radius 2 is 2.19 bits per heavy atom. The summed E-state index contributed by atoms with van der Waals surface area (Å²) in [5, 5.41) is 4.10. The molecule has 2 rings (SSSR count). The second-order valence-corrected chi connectivity index (χ2v) is 3.76. The molecular weight excluding hydrogens is 202 g/mol. The monoisotopic (exact) mass is 215 g/mol. The largest absolute Gasteiger partial charge is 0.366 e. The summed E-state index contributed by atoms with van der Waals surface area (Å²) in [5.41, 5.74) is 8.69. The maximum Gasteiger partial charge on any atom is 0.249 e. The average Bonchev–Trinajstić information content (AvgIpc) is 2.64. The van der Waals surface area contributed by atoms with Gasteiger partial charge in [-0.25, -0.2) is 0 Å². The Bertz CT molecular complexity index is 543. The molecule has 0 unspecified atom stereocenters. The molecule has 0 atom stereocenters. The van der Waals surface area contributed by atoms with Crippen molar-refractivity contribution in [2.75, 3.05) is 0 Å². The third-order valence-corrected chi connectivity index (χ3v) is 2.53. The fraction of sp³-hybridized carbons (Fsp3) is 0.167. The Balaban J connectivity index is 2.67. The molecule has 0 saturated heterocycles. The number of aryl methyl sites for hydroxylation is 2. The lowest BCUT2D eigenvalue weighted by Crippen LogP contribution is -2.12. The highest BCUT2D eigenvalue weighted by Crippen LogP contribution is 2.26. The smallest absolute Gasteiger partial charge is 0.249 e. The van der Waals surface area contributed by atoms with Crippen molar-refractivity contribution in [3.05, 3.63) is 41.7 Å². The molecule has 0 saturated carbocycles. The van der Waals surface area contributed by atoms with E-state index in [1.54, 1.807) is 16.9 Å². The first kappa shape index (κ1) is 10.4. The molecule has 0 aliphatic heterocycles. The van der Waals surface area contributed by atoms with Gasteiger partial charge in [0.25, 0.3) is 0 Å². The molecule has 1 heterocycles. The standard InChI is InChI=1S/C12H13N3O/c1-8-4-3-5-10(12(13)16)11(8)9-6-14-15(2)7-9/h3-7H,1-2H3,(H2,13,16). The molecule has 1 aromatic heterocycles. The van der Waals surface area contributed by atoms with E-state index >= 15 is 0 Å². The van der Waals surface area contributed by atoms with E-state index in [2.05, 4.69) is 5.10 Å². The zero-order valence-electron chi connectivity index (χ0n) is 9.27. The van der Waals surface area contributed by atoms with E-state index in [4.69, 9.17) is 5.73 Å². The third kappa shape index (κ3) is 1.69. The normalized spacial score (nSPS) is 10.4. The molecule has 0 spiro atoms. The van der Waals surface area contributed by atoms with Gasteiger partial charge in [-0.1, -0.05) is 12.1 Å². The van der Waals surface area contributed by atoms with Gasteiger partial charge in [0, 0.05) is 29.9 Å². The summed E-state index contributed by atoms with van der Waals surface area (Å²) < 4.78 is 1.70. The number of benzene rings is 1. The molecule has 0 aliphatic carbocycles. The zero-order chi connectivity index (χ0) is 11.7. The summed E-state index contributed by atoms with van der Waals surface area (Å²) in [5.74, 6) is -0.414. The first-order chi connectivity index (χ1) is 7.59. The maximum atomic E-state index is 11.3. The Hall–Kier alpha value is -2.10. The molecular formula is C12H13N3O. The van der Waals surface area contributed by atoms with Crippen LogP contribution < -0.4 is 5.73 Å². The van der Waals surface area contributed by atoms with Crippen molar-refractivity contribution < 1.29 is 4.79 Å². The molecule has 2 N–H and O–H groups in total. The van der Waals surface area contributed by atoms with Gasteiger partial charge >= 0.3 is 0 Å². The van der Waals surface area contributed by atoms with Crippen molar-refractivity contribution in [1.29, 1.82) is 0 Å². The number of hydrogen-bond donors (Lipinski definition) is 1. The van der Waals surface area contributed by atoms with Crippen molar-refractivity contribution >= 4 is 5.91 Å². The first-order valence-corrected chi connectivity index (χ1v) is 4.98. The predicted octanol–water partition coefficient (Wildman–Crippen LogP) is 1.49. The van der Waals surface area contributed by atoms with E-state index in [9.17, 15) is 4.79 Å². The molecule has 4 nitrogen and oxygen atoms in total. The molecule has 4 heteroatoms. The number of carbonyl (C=O) groups is 1. The first-order valence-electron chi connectivity index (χ1n) is 4.98. The molecule has 1 amide bonds. The van der Waals surface area contributed by atoms with Gasteiger partial charge < -0.3 is 5.73 Å². The highest BCUT2D eigenvalue weighted by Gasteiger charge is 2.13. The molecule has 16 heavy (non-hydrogen) atoms. The van der Waals surface area contributed by atoms with Gasteiger partial charge in [0.1, 0.15) is 0 Å². The number of carbonyl (C=O) groups excluding carboxylic acids is 1. The zero-order valence-corrected chi connectivity index (χ0v) is 9.27. The minimum Gasteiger partial charge on any atom is -0.366 e. The molecule has 2 aromatic rings. The van der Waals surface area contributed by atoms with Crippen LogP contribution in [-0.4, -0.2) is 15.7 Å². The van der Waals surface area contributed by atoms with E-state index < -0.39 is 5.91 Å². The number of rotatable bonds is 2. The highest BCUT2D eigenvalue weighted by molar-refractivity contribution is 6.00. The number of amides is 1. The van der Waals surface area contributed by atoms with Crippen LogP contribution >= 0.6 is 0 Å². The van der Waals surface area contributed by atoms with Crippen molar-refractivity contribution in [2.24, 2.45) is 12.8 Å². The molecule has 82 valence electrons. The summed E-state index contributed by atoms with van der Waals surface area (Å²) in [6, 6.07) is 5.52. The van der Waals surface area contributed by atoms with E-state index in [1.165, 1.54) is 0 Å². The van der Waals surface area contributed by atoms with E-state index in [-0.39, 0.29) is 0 Å². The van der Waals surface area contributed by atoms with Gasteiger partial charge in [-0.15, -0.1) is 0 Å². The molecule has 0 bridgehead atoms. The fourth-order valence-corrected chi connectivity index (χ4v) is 1.81. The molecule has 0 radical (unpaired) electrons. The summed E-state index contributed by atoms with van der Waals surface area (Å²) in [6.07, 6.45) is 3.60. The Morgan fingerprint density at radius 3 is 2.75 bits per heavy atom. The van der Waals surface area contributed by atoms with Crippen LogP contribution in [-0.2, 0) is 7.05 Å². The quantitative estimate of drug-likeness (QED) is 0.825. The topological polar surface area (TPSA) is 60.9 Å². The summed E-state index contributed by atoms with van der Waals surface area (Å²) in [7, 11) is 1.84. The van der Waals surface area contributed by atoms with Crippen LogP contribution in [0, 0.1) is 6.92 Å². The van der Waals surface area contributed by atoms with Gasteiger partial charge in [-0.05, 0) is 18.6 Å². The van der Waals surface area contributed by atoms with Crippen molar-refractivity contribution in [3.63, 3.8) is 0 Å². The average molecular weight is 215 g/mol. The molecule has 0 aliphatic rings. The van der Waals surface area contributed by atoms with Gasteiger partial charge in [0.05, 0.1) is 6.20 Å². The van der Waals surface area contributed by atoms with Crippen LogP contribution in [0.3, 0.4) is 0 Å². The van der Waals surface area contributed by atoms with Gasteiger partial charge in [0.2, 0.25) is 5.91 Å². The summed E-state index contributed by atoms with van der Waals surface area (Å²) >= 11 is 0. The number of nitrogens with two attached hydrogens (primary N) is 1. The van der Waals surface area contributed by atoms with Crippen LogP contribution in [0.5, 0.6) is 0 Å². The van der Waals surface area contributed by atoms with Crippen LogP contribution in [0.2, 0.25) is 0 Å². The maximum absolute atomic E-state index is 11.3. The van der Waals surface area contributed by atoms with Gasteiger partial charge in [-0.3, -0.25) is 9.48 Å². The molecule has 1 aromatic carbocycles. The van der Waals surface area contributed by atoms with Gasteiger partial charge in [-0.2, -0.15) is 5.10 Å². The summed E-state index contributed by atoms with van der Waals surface area (Å²) in [6.45, 7) is 1.95. The van der Waals surface area contributed by atoms with E-state index in [0.29, 0.717) is 5.56 Å². The number of primary amides is 1.